The first-order chi connectivity index (χ1) is 10.5. The van der Waals surface area contributed by atoms with E-state index in [1.807, 2.05) is 44.2 Å². The highest BCUT2D eigenvalue weighted by Crippen LogP contribution is 2.40. The van der Waals surface area contributed by atoms with E-state index in [4.69, 9.17) is 5.73 Å². The summed E-state index contributed by atoms with van der Waals surface area (Å²) in [6, 6.07) is 10.7. The number of carbonyl (C=O) groups is 1. The average molecular weight is 300 g/mol. The highest BCUT2D eigenvalue weighted by molar-refractivity contribution is 5.87. The lowest BCUT2D eigenvalue weighted by Gasteiger charge is -2.46. The van der Waals surface area contributed by atoms with Gasteiger partial charge >= 0.3 is 0 Å². The van der Waals surface area contributed by atoms with Crippen LogP contribution < -0.4 is 11.1 Å². The summed E-state index contributed by atoms with van der Waals surface area (Å²) in [5.41, 5.74) is 6.77. The van der Waals surface area contributed by atoms with Crippen molar-refractivity contribution in [1.29, 1.82) is 0 Å². The number of fused-ring (bicyclic) bond motifs is 2. The maximum Gasteiger partial charge on any atom is 0.230 e. The Morgan fingerprint density at radius 2 is 1.73 bits per heavy atom. The van der Waals surface area contributed by atoms with Gasteiger partial charge in [0.2, 0.25) is 5.91 Å². The van der Waals surface area contributed by atoms with E-state index in [0.29, 0.717) is 23.9 Å². The Morgan fingerprint density at radius 3 is 2.32 bits per heavy atom. The maximum atomic E-state index is 12.9. The molecule has 2 bridgehead atoms. The minimum Gasteiger partial charge on any atom is -0.352 e. The third-order valence-electron chi connectivity index (χ3n) is 5.74. The summed E-state index contributed by atoms with van der Waals surface area (Å²) < 4.78 is 0. The summed E-state index contributed by atoms with van der Waals surface area (Å²) in [7, 11) is 0. The van der Waals surface area contributed by atoms with Gasteiger partial charge in [-0.05, 0) is 56.9 Å². The normalized spacial score (nSPS) is 31.6. The van der Waals surface area contributed by atoms with Crippen LogP contribution in [0.4, 0.5) is 0 Å². The van der Waals surface area contributed by atoms with Gasteiger partial charge in [-0.15, -0.1) is 0 Å². The first kappa shape index (κ1) is 15.5. The van der Waals surface area contributed by atoms with Crippen LogP contribution in [0.25, 0.3) is 0 Å². The van der Waals surface area contributed by atoms with Crippen LogP contribution in [0.3, 0.4) is 0 Å². The van der Waals surface area contributed by atoms with Crippen molar-refractivity contribution in [3.63, 3.8) is 0 Å². The molecule has 3 N–H and O–H groups in total. The van der Waals surface area contributed by atoms with Gasteiger partial charge in [-0.2, -0.15) is 0 Å². The standard InChI is InChI=1S/C19H28N2O/c1-19(2,15-9-4-3-5-10-15)18(22)21-17-13-7-6-8-14(17)12-16(20)11-13/h3-5,9-10,13-14,16-17H,6-8,11-12,20H2,1-2H3,(H,21,22). The Hall–Kier alpha value is -1.35. The van der Waals surface area contributed by atoms with Crippen molar-refractivity contribution in [2.45, 2.75) is 63.5 Å². The molecule has 2 atom stereocenters. The number of carbonyl (C=O) groups excluding carboxylic acids is 1. The van der Waals surface area contributed by atoms with Gasteiger partial charge in [0.1, 0.15) is 0 Å². The number of rotatable bonds is 3. The molecule has 1 aromatic carbocycles. The number of hydrogen-bond acceptors (Lipinski definition) is 2. The number of hydrogen-bond donors (Lipinski definition) is 2. The van der Waals surface area contributed by atoms with Crippen molar-refractivity contribution in [3.8, 4) is 0 Å². The predicted octanol–water partition coefficient (Wildman–Crippen LogP) is 2.99. The summed E-state index contributed by atoms with van der Waals surface area (Å²) in [5.74, 6) is 1.28. The molecule has 0 radical (unpaired) electrons. The monoisotopic (exact) mass is 300 g/mol. The molecule has 2 fully saturated rings. The largest absolute Gasteiger partial charge is 0.352 e. The molecule has 0 aliphatic heterocycles. The first-order valence-electron chi connectivity index (χ1n) is 8.60. The summed E-state index contributed by atoms with van der Waals surface area (Å²) >= 11 is 0. The molecule has 3 nitrogen and oxygen atoms in total. The van der Waals surface area contributed by atoms with Crippen molar-refractivity contribution in [3.05, 3.63) is 35.9 Å². The lowest BCUT2D eigenvalue weighted by Crippen LogP contribution is -2.56. The fourth-order valence-corrected chi connectivity index (χ4v) is 4.34. The molecule has 2 aliphatic carbocycles. The fourth-order valence-electron chi connectivity index (χ4n) is 4.34. The quantitative estimate of drug-likeness (QED) is 0.901. The molecule has 0 saturated heterocycles. The molecule has 2 aliphatic rings. The molecule has 2 unspecified atom stereocenters. The number of amides is 1. The third kappa shape index (κ3) is 2.91. The van der Waals surface area contributed by atoms with E-state index < -0.39 is 5.41 Å². The van der Waals surface area contributed by atoms with Gasteiger partial charge in [-0.1, -0.05) is 36.8 Å². The van der Waals surface area contributed by atoms with E-state index in [2.05, 4.69) is 5.32 Å². The van der Waals surface area contributed by atoms with Crippen molar-refractivity contribution in [2.75, 3.05) is 0 Å². The van der Waals surface area contributed by atoms with Gasteiger partial charge in [0, 0.05) is 12.1 Å². The van der Waals surface area contributed by atoms with E-state index >= 15 is 0 Å². The van der Waals surface area contributed by atoms with E-state index in [-0.39, 0.29) is 5.91 Å². The molecule has 0 heterocycles. The van der Waals surface area contributed by atoms with Crippen molar-refractivity contribution in [1.82, 2.24) is 5.32 Å². The Labute approximate surface area is 133 Å². The smallest absolute Gasteiger partial charge is 0.230 e. The minimum atomic E-state index is -0.491. The average Bonchev–Trinajstić information content (AvgIpc) is 2.49. The fraction of sp³-hybridized carbons (Fsp3) is 0.632. The summed E-state index contributed by atoms with van der Waals surface area (Å²) in [6.07, 6.45) is 5.83. The van der Waals surface area contributed by atoms with E-state index in [1.54, 1.807) is 0 Å². The van der Waals surface area contributed by atoms with Gasteiger partial charge in [0.15, 0.2) is 0 Å². The second-order valence-corrected chi connectivity index (χ2v) is 7.67. The minimum absolute atomic E-state index is 0.149. The SMILES string of the molecule is CC(C)(C(=O)NC1C2CCCC1CC(N)C2)c1ccccc1. The zero-order valence-electron chi connectivity index (χ0n) is 13.7. The highest BCUT2D eigenvalue weighted by atomic mass is 16.2. The van der Waals surface area contributed by atoms with Gasteiger partial charge in [-0.25, -0.2) is 0 Å². The number of benzene rings is 1. The molecule has 1 amide bonds. The predicted molar refractivity (Wildman–Crippen MR) is 89.4 cm³/mol. The Kier molecular flexibility index (Phi) is 4.26. The second-order valence-electron chi connectivity index (χ2n) is 7.67. The topological polar surface area (TPSA) is 55.1 Å². The van der Waals surface area contributed by atoms with Crippen LogP contribution in [-0.4, -0.2) is 18.0 Å². The molecule has 0 spiro atoms. The molecule has 0 aromatic heterocycles. The van der Waals surface area contributed by atoms with Gasteiger partial charge < -0.3 is 11.1 Å². The molecule has 3 heteroatoms. The van der Waals surface area contributed by atoms with Crippen LogP contribution >= 0.6 is 0 Å². The summed E-state index contributed by atoms with van der Waals surface area (Å²) in [5, 5.41) is 3.39. The maximum absolute atomic E-state index is 12.9. The first-order valence-corrected chi connectivity index (χ1v) is 8.60. The van der Waals surface area contributed by atoms with Crippen LogP contribution in [0, 0.1) is 11.8 Å². The van der Waals surface area contributed by atoms with E-state index in [9.17, 15) is 4.79 Å². The summed E-state index contributed by atoms with van der Waals surface area (Å²) in [6.45, 7) is 4.03. The van der Waals surface area contributed by atoms with Crippen LogP contribution in [0.15, 0.2) is 30.3 Å². The van der Waals surface area contributed by atoms with Crippen molar-refractivity contribution < 1.29 is 4.79 Å². The number of nitrogens with one attached hydrogen (secondary N) is 1. The molecule has 3 rings (SSSR count). The van der Waals surface area contributed by atoms with Gasteiger partial charge in [0.05, 0.1) is 5.41 Å². The Morgan fingerprint density at radius 1 is 1.14 bits per heavy atom. The van der Waals surface area contributed by atoms with Crippen LogP contribution in [0.5, 0.6) is 0 Å². The molecule has 120 valence electrons. The van der Waals surface area contributed by atoms with E-state index in [1.165, 1.54) is 19.3 Å². The third-order valence-corrected chi connectivity index (χ3v) is 5.74. The number of nitrogens with two attached hydrogens (primary N) is 1. The molecular formula is C19H28N2O. The highest BCUT2D eigenvalue weighted by Gasteiger charge is 2.42. The van der Waals surface area contributed by atoms with Crippen molar-refractivity contribution >= 4 is 5.91 Å². The lowest BCUT2D eigenvalue weighted by molar-refractivity contribution is -0.128. The van der Waals surface area contributed by atoms with Crippen molar-refractivity contribution in [2.24, 2.45) is 17.6 Å². The molecule has 22 heavy (non-hydrogen) atoms. The lowest BCUT2D eigenvalue weighted by atomic mass is 9.66. The zero-order valence-corrected chi connectivity index (χ0v) is 13.7. The van der Waals surface area contributed by atoms with Crippen LogP contribution in [-0.2, 0) is 10.2 Å². The van der Waals surface area contributed by atoms with E-state index in [0.717, 1.165) is 18.4 Å². The second kappa shape index (κ2) is 6.04. The summed E-state index contributed by atoms with van der Waals surface area (Å²) in [4.78, 5) is 12.9. The molecule has 2 saturated carbocycles. The van der Waals surface area contributed by atoms with Crippen LogP contribution in [0.1, 0.15) is 51.5 Å². The Balaban J connectivity index is 1.74. The van der Waals surface area contributed by atoms with Crippen LogP contribution in [0.2, 0.25) is 0 Å². The molecule has 1 aromatic rings. The van der Waals surface area contributed by atoms with Gasteiger partial charge in [0.25, 0.3) is 0 Å². The Bertz CT molecular complexity index is 511. The molecular weight excluding hydrogens is 272 g/mol. The van der Waals surface area contributed by atoms with Gasteiger partial charge in [-0.3, -0.25) is 4.79 Å². The zero-order chi connectivity index (χ0) is 15.7.